The smallest absolute Gasteiger partial charge is 0.248 e. The van der Waals surface area contributed by atoms with Crippen molar-refractivity contribution < 1.29 is 22.8 Å². The van der Waals surface area contributed by atoms with Gasteiger partial charge in [0.2, 0.25) is 27.7 Å². The summed E-state index contributed by atoms with van der Waals surface area (Å²) >= 11 is 18.5. The van der Waals surface area contributed by atoms with Crippen LogP contribution in [-0.4, -0.2) is 77.6 Å². The first-order chi connectivity index (χ1) is 19.9. The van der Waals surface area contributed by atoms with E-state index in [0.29, 0.717) is 17.9 Å². The number of carbonyl (C=O) groups is 3. The van der Waals surface area contributed by atoms with Crippen LogP contribution in [0.4, 0.5) is 0 Å². The van der Waals surface area contributed by atoms with Crippen molar-refractivity contribution in [1.29, 1.82) is 0 Å². The molecule has 0 radical (unpaired) electrons. The highest BCUT2D eigenvalue weighted by atomic mass is 35.5. The molecule has 0 aromatic heterocycles. The largest absolute Gasteiger partial charge is 0.343 e. The molecule has 2 aliphatic heterocycles. The van der Waals surface area contributed by atoms with Crippen LogP contribution in [0.2, 0.25) is 15.1 Å². The van der Waals surface area contributed by atoms with Gasteiger partial charge in [-0.1, -0.05) is 59.8 Å². The predicted octanol–water partition coefficient (Wildman–Crippen LogP) is 4.34. The molecule has 2 heterocycles. The first kappa shape index (κ1) is 31.1. The lowest BCUT2D eigenvalue weighted by molar-refractivity contribution is -0.169. The Morgan fingerprint density at radius 3 is 2.21 bits per heavy atom. The van der Waals surface area contributed by atoms with Gasteiger partial charge in [0.1, 0.15) is 23.1 Å². The highest BCUT2D eigenvalue weighted by Crippen LogP contribution is 2.35. The summed E-state index contributed by atoms with van der Waals surface area (Å²) in [5.74, 6) is -1.31. The third-order valence-corrected chi connectivity index (χ3v) is 11.2. The molecular weight excluding hydrogens is 623 g/mol. The second kappa shape index (κ2) is 12.3. The Kier molecular flexibility index (Phi) is 9.11. The fourth-order valence-corrected chi connectivity index (χ4v) is 8.57. The van der Waals surface area contributed by atoms with Crippen LogP contribution in [0.15, 0.2) is 47.4 Å². The van der Waals surface area contributed by atoms with E-state index in [1.54, 1.807) is 29.2 Å². The van der Waals surface area contributed by atoms with Crippen LogP contribution in [0.25, 0.3) is 0 Å². The minimum Gasteiger partial charge on any atom is -0.343 e. The fourth-order valence-electron chi connectivity index (χ4n) is 6.11. The monoisotopic (exact) mass is 654 g/mol. The first-order valence-electron chi connectivity index (χ1n) is 14.0. The van der Waals surface area contributed by atoms with Crippen LogP contribution >= 0.6 is 34.8 Å². The predicted molar refractivity (Wildman–Crippen MR) is 161 cm³/mol. The average molecular weight is 656 g/mol. The fraction of sp³-hybridized carbons (Fsp3) is 0.483. The quantitative estimate of drug-likeness (QED) is 0.478. The Morgan fingerprint density at radius 2 is 1.60 bits per heavy atom. The number of amides is 3. The molecule has 3 unspecified atom stereocenters. The minimum absolute atomic E-state index is 0.0346. The van der Waals surface area contributed by atoms with Crippen molar-refractivity contribution in [3.63, 3.8) is 0 Å². The summed E-state index contributed by atoms with van der Waals surface area (Å²) in [5.41, 5.74) is 0.752. The third-order valence-electron chi connectivity index (χ3n) is 8.32. The molecule has 2 saturated heterocycles. The SMILES string of the molecule is CC(C)N1CC2N(C(=O)C(NC(=O)C3CCCC3)CN2S(=O)(=O)c2ccc(Cl)cc2Cl)C(Cc2ccc(Cl)cc2)C1=O. The Labute approximate surface area is 261 Å². The summed E-state index contributed by atoms with van der Waals surface area (Å²) < 4.78 is 29.7. The minimum atomic E-state index is -4.32. The molecule has 3 aliphatic rings. The van der Waals surface area contributed by atoms with Gasteiger partial charge in [0, 0.05) is 35.0 Å². The van der Waals surface area contributed by atoms with Crippen molar-refractivity contribution in [2.45, 2.75) is 75.1 Å². The molecule has 5 rings (SSSR count). The Morgan fingerprint density at radius 1 is 0.952 bits per heavy atom. The van der Waals surface area contributed by atoms with Gasteiger partial charge >= 0.3 is 0 Å². The first-order valence-corrected chi connectivity index (χ1v) is 16.6. The van der Waals surface area contributed by atoms with Crippen molar-refractivity contribution in [3.05, 3.63) is 63.1 Å². The van der Waals surface area contributed by atoms with E-state index in [0.717, 1.165) is 18.4 Å². The molecule has 42 heavy (non-hydrogen) atoms. The number of sulfonamides is 1. The maximum atomic E-state index is 14.3. The van der Waals surface area contributed by atoms with Crippen molar-refractivity contribution in [2.75, 3.05) is 13.1 Å². The maximum absolute atomic E-state index is 14.3. The topological polar surface area (TPSA) is 107 Å². The number of carbonyl (C=O) groups excluding carboxylic acids is 3. The summed E-state index contributed by atoms with van der Waals surface area (Å²) in [5, 5.41) is 3.56. The van der Waals surface area contributed by atoms with Crippen LogP contribution in [0.3, 0.4) is 0 Å². The van der Waals surface area contributed by atoms with E-state index in [1.165, 1.54) is 27.4 Å². The van der Waals surface area contributed by atoms with Crippen LogP contribution < -0.4 is 5.32 Å². The van der Waals surface area contributed by atoms with Gasteiger partial charge in [0.05, 0.1) is 11.6 Å². The molecule has 226 valence electrons. The number of hydrogen-bond donors (Lipinski definition) is 1. The van der Waals surface area contributed by atoms with Crippen LogP contribution in [0, 0.1) is 5.92 Å². The average Bonchev–Trinajstić information content (AvgIpc) is 3.47. The van der Waals surface area contributed by atoms with Crippen molar-refractivity contribution in [1.82, 2.24) is 19.4 Å². The zero-order valence-electron chi connectivity index (χ0n) is 23.3. The van der Waals surface area contributed by atoms with Gasteiger partial charge in [-0.2, -0.15) is 4.31 Å². The summed E-state index contributed by atoms with van der Waals surface area (Å²) in [7, 11) is -4.32. The van der Waals surface area contributed by atoms with E-state index in [4.69, 9.17) is 34.8 Å². The van der Waals surface area contributed by atoms with Gasteiger partial charge < -0.3 is 15.1 Å². The Bertz CT molecular complexity index is 1480. The molecule has 3 amide bonds. The molecule has 0 spiro atoms. The molecule has 2 aromatic carbocycles. The molecular formula is C29H33Cl3N4O5S. The molecule has 1 saturated carbocycles. The molecule has 1 N–H and O–H groups in total. The van der Waals surface area contributed by atoms with Crippen LogP contribution in [-0.2, 0) is 30.8 Å². The second-order valence-electron chi connectivity index (χ2n) is 11.3. The maximum Gasteiger partial charge on any atom is 0.248 e. The highest BCUT2D eigenvalue weighted by Gasteiger charge is 2.54. The number of benzene rings is 2. The van der Waals surface area contributed by atoms with E-state index < -0.39 is 34.2 Å². The zero-order chi connectivity index (χ0) is 30.3. The highest BCUT2D eigenvalue weighted by molar-refractivity contribution is 7.89. The van der Waals surface area contributed by atoms with E-state index in [-0.39, 0.29) is 58.2 Å². The van der Waals surface area contributed by atoms with Gasteiger partial charge in [-0.25, -0.2) is 8.42 Å². The van der Waals surface area contributed by atoms with Crippen LogP contribution in [0.1, 0.15) is 45.1 Å². The molecule has 1 aliphatic carbocycles. The molecule has 9 nitrogen and oxygen atoms in total. The van der Waals surface area contributed by atoms with Crippen molar-refractivity contribution in [3.8, 4) is 0 Å². The molecule has 0 bridgehead atoms. The molecule has 3 fully saturated rings. The lowest BCUT2D eigenvalue weighted by Gasteiger charge is -2.54. The zero-order valence-corrected chi connectivity index (χ0v) is 26.4. The summed E-state index contributed by atoms with van der Waals surface area (Å²) in [6.07, 6.45) is 2.38. The number of halogens is 3. The van der Waals surface area contributed by atoms with E-state index in [2.05, 4.69) is 5.32 Å². The summed E-state index contributed by atoms with van der Waals surface area (Å²) in [6.45, 7) is 3.36. The lowest BCUT2D eigenvalue weighted by Crippen LogP contribution is -2.76. The number of rotatable bonds is 7. The molecule has 3 atom stereocenters. The number of hydrogen-bond acceptors (Lipinski definition) is 5. The molecule has 2 aromatic rings. The second-order valence-corrected chi connectivity index (χ2v) is 14.5. The Balaban J connectivity index is 1.59. The van der Waals surface area contributed by atoms with Crippen molar-refractivity contribution >= 4 is 62.5 Å². The van der Waals surface area contributed by atoms with E-state index >= 15 is 0 Å². The van der Waals surface area contributed by atoms with Gasteiger partial charge in [0.15, 0.2) is 0 Å². The number of nitrogens with zero attached hydrogens (tertiary/aromatic N) is 3. The van der Waals surface area contributed by atoms with Gasteiger partial charge in [-0.3, -0.25) is 14.4 Å². The number of nitrogens with one attached hydrogen (secondary N) is 1. The number of fused-ring (bicyclic) bond motifs is 1. The normalized spacial score (nSPS) is 23.9. The standard InChI is InChI=1S/C29H33Cl3N4O5S/c1-17(2)34-16-26-35(42(40,41)25-12-11-21(31)14-22(25)32)15-23(33-27(37)19-5-3-4-6-19)28(38)36(26)24(29(34)39)13-18-7-9-20(30)10-8-18/h7-12,14,17,19,23-24,26H,3-6,13,15-16H2,1-2H3,(H,33,37). The summed E-state index contributed by atoms with van der Waals surface area (Å²) in [6, 6.07) is 8.59. The molecule has 13 heteroatoms. The van der Waals surface area contributed by atoms with Gasteiger partial charge in [-0.15, -0.1) is 0 Å². The van der Waals surface area contributed by atoms with Crippen LogP contribution in [0.5, 0.6) is 0 Å². The van der Waals surface area contributed by atoms with E-state index in [9.17, 15) is 22.8 Å². The van der Waals surface area contributed by atoms with Gasteiger partial charge in [0.25, 0.3) is 0 Å². The van der Waals surface area contributed by atoms with Crippen molar-refractivity contribution in [2.24, 2.45) is 5.92 Å². The summed E-state index contributed by atoms with van der Waals surface area (Å²) in [4.78, 5) is 44.0. The lowest BCUT2D eigenvalue weighted by atomic mass is 9.96. The Hall–Kier alpha value is -2.37. The number of piperazine rings is 1. The third kappa shape index (κ3) is 6.01. The van der Waals surface area contributed by atoms with Gasteiger partial charge in [-0.05, 0) is 62.6 Å². The van der Waals surface area contributed by atoms with E-state index in [1.807, 2.05) is 13.8 Å².